The molecule has 3 aromatic heterocycles. The van der Waals surface area contributed by atoms with Crippen LogP contribution < -0.4 is 0 Å². The molecule has 0 unspecified atom stereocenters. The fraction of sp³-hybridized carbons (Fsp3) is 0.0909. The zero-order chi connectivity index (χ0) is 10.3. The van der Waals surface area contributed by atoms with Crippen molar-refractivity contribution in [3.8, 4) is 10.6 Å². The van der Waals surface area contributed by atoms with E-state index in [-0.39, 0.29) is 0 Å². The van der Waals surface area contributed by atoms with Crippen LogP contribution in [0.15, 0.2) is 29.9 Å². The molecule has 3 aromatic rings. The van der Waals surface area contributed by atoms with Gasteiger partial charge in [-0.3, -0.25) is 0 Å². The Morgan fingerprint density at radius 2 is 2.33 bits per heavy atom. The number of fused-ring (bicyclic) bond motifs is 1. The summed E-state index contributed by atoms with van der Waals surface area (Å²) in [5.41, 5.74) is 3.07. The molecule has 15 heavy (non-hydrogen) atoms. The van der Waals surface area contributed by atoms with Crippen molar-refractivity contribution >= 4 is 22.4 Å². The first-order valence-electron chi connectivity index (χ1n) is 4.68. The third-order valence-corrected chi connectivity index (χ3v) is 3.28. The lowest BCUT2D eigenvalue weighted by atomic mass is 10.2. The Balaban J connectivity index is 2.18. The highest BCUT2D eigenvalue weighted by atomic mass is 32.1. The van der Waals surface area contributed by atoms with Crippen molar-refractivity contribution in [2.24, 2.45) is 0 Å². The van der Waals surface area contributed by atoms with E-state index in [1.807, 2.05) is 25.4 Å². The van der Waals surface area contributed by atoms with E-state index >= 15 is 0 Å². The van der Waals surface area contributed by atoms with Gasteiger partial charge >= 0.3 is 0 Å². The average Bonchev–Trinajstić information content (AvgIpc) is 2.84. The fourth-order valence-electron chi connectivity index (χ4n) is 1.54. The van der Waals surface area contributed by atoms with Crippen LogP contribution in [0, 0.1) is 6.92 Å². The number of hydrogen-bond acceptors (Lipinski definition) is 3. The summed E-state index contributed by atoms with van der Waals surface area (Å²) in [6.45, 7) is 2.00. The summed E-state index contributed by atoms with van der Waals surface area (Å²) in [7, 11) is 0. The predicted molar refractivity (Wildman–Crippen MR) is 61.9 cm³/mol. The molecule has 0 spiro atoms. The summed E-state index contributed by atoms with van der Waals surface area (Å²) in [6, 6.07) is 4.13. The van der Waals surface area contributed by atoms with E-state index in [1.165, 1.54) is 0 Å². The SMILES string of the molecule is Cc1csc(-c2cnc3[nH]ccc3c2)n1. The van der Waals surface area contributed by atoms with Crippen LogP contribution in [-0.4, -0.2) is 15.0 Å². The van der Waals surface area contributed by atoms with E-state index < -0.39 is 0 Å². The number of nitrogens with zero attached hydrogens (tertiary/aromatic N) is 2. The summed E-state index contributed by atoms with van der Waals surface area (Å²) in [4.78, 5) is 11.9. The number of thiazole rings is 1. The van der Waals surface area contributed by atoms with Gasteiger partial charge in [-0.05, 0) is 19.1 Å². The summed E-state index contributed by atoms with van der Waals surface area (Å²) in [6.07, 6.45) is 3.76. The molecule has 3 rings (SSSR count). The first kappa shape index (κ1) is 8.61. The van der Waals surface area contributed by atoms with E-state index in [1.54, 1.807) is 11.3 Å². The van der Waals surface area contributed by atoms with Crippen molar-refractivity contribution in [1.29, 1.82) is 0 Å². The maximum atomic E-state index is 4.44. The molecule has 0 aromatic carbocycles. The monoisotopic (exact) mass is 215 g/mol. The Labute approximate surface area is 90.8 Å². The second kappa shape index (κ2) is 3.17. The molecule has 3 heterocycles. The first-order chi connectivity index (χ1) is 7.33. The number of H-pyrrole nitrogens is 1. The van der Waals surface area contributed by atoms with Crippen molar-refractivity contribution in [2.75, 3.05) is 0 Å². The van der Waals surface area contributed by atoms with Gasteiger partial charge in [0.15, 0.2) is 0 Å². The van der Waals surface area contributed by atoms with Crippen LogP contribution in [0.3, 0.4) is 0 Å². The third kappa shape index (κ3) is 1.43. The lowest BCUT2D eigenvalue weighted by Crippen LogP contribution is -1.80. The van der Waals surface area contributed by atoms with Gasteiger partial charge in [0.2, 0.25) is 0 Å². The van der Waals surface area contributed by atoms with Gasteiger partial charge in [0.25, 0.3) is 0 Å². The zero-order valence-electron chi connectivity index (χ0n) is 8.19. The zero-order valence-corrected chi connectivity index (χ0v) is 9.01. The lowest BCUT2D eigenvalue weighted by Gasteiger charge is -1.95. The van der Waals surface area contributed by atoms with Gasteiger partial charge in [-0.1, -0.05) is 0 Å². The normalized spacial score (nSPS) is 11.0. The van der Waals surface area contributed by atoms with Crippen molar-refractivity contribution in [2.45, 2.75) is 6.92 Å². The Morgan fingerprint density at radius 1 is 1.40 bits per heavy atom. The molecule has 1 N–H and O–H groups in total. The summed E-state index contributed by atoms with van der Waals surface area (Å²) in [5.74, 6) is 0. The van der Waals surface area contributed by atoms with Crippen molar-refractivity contribution in [1.82, 2.24) is 15.0 Å². The van der Waals surface area contributed by atoms with Crippen LogP contribution in [0.4, 0.5) is 0 Å². The Bertz CT molecular complexity index is 609. The van der Waals surface area contributed by atoms with E-state index in [2.05, 4.69) is 26.4 Å². The summed E-state index contributed by atoms with van der Waals surface area (Å²) in [5, 5.41) is 4.21. The first-order valence-corrected chi connectivity index (χ1v) is 5.56. The number of hydrogen-bond donors (Lipinski definition) is 1. The molecule has 0 fully saturated rings. The molecule has 4 heteroatoms. The third-order valence-electron chi connectivity index (χ3n) is 2.27. The lowest BCUT2D eigenvalue weighted by molar-refractivity contribution is 1.26. The number of pyridine rings is 1. The minimum Gasteiger partial charge on any atom is -0.346 e. The van der Waals surface area contributed by atoms with E-state index in [9.17, 15) is 0 Å². The van der Waals surface area contributed by atoms with E-state index in [0.717, 1.165) is 27.3 Å². The highest BCUT2D eigenvalue weighted by Gasteiger charge is 2.04. The van der Waals surface area contributed by atoms with Crippen LogP contribution in [0.5, 0.6) is 0 Å². The van der Waals surface area contributed by atoms with Gasteiger partial charge in [0.1, 0.15) is 10.7 Å². The minimum absolute atomic E-state index is 0.923. The van der Waals surface area contributed by atoms with Crippen LogP contribution in [-0.2, 0) is 0 Å². The Morgan fingerprint density at radius 3 is 3.13 bits per heavy atom. The molecule has 0 saturated heterocycles. The maximum absolute atomic E-state index is 4.44. The molecule has 0 aliphatic carbocycles. The maximum Gasteiger partial charge on any atom is 0.137 e. The molecule has 0 bridgehead atoms. The number of rotatable bonds is 1. The molecule has 0 aliphatic heterocycles. The number of aryl methyl sites for hydroxylation is 1. The number of nitrogens with one attached hydrogen (secondary N) is 1. The van der Waals surface area contributed by atoms with Gasteiger partial charge in [0, 0.05) is 34.4 Å². The fourth-order valence-corrected chi connectivity index (χ4v) is 2.32. The predicted octanol–water partition coefficient (Wildman–Crippen LogP) is 2.99. The molecule has 0 atom stereocenters. The van der Waals surface area contributed by atoms with Crippen molar-refractivity contribution < 1.29 is 0 Å². The summed E-state index contributed by atoms with van der Waals surface area (Å²) < 4.78 is 0. The van der Waals surface area contributed by atoms with Gasteiger partial charge in [0.05, 0.1) is 0 Å². The Hall–Kier alpha value is -1.68. The largest absolute Gasteiger partial charge is 0.346 e. The second-order valence-electron chi connectivity index (χ2n) is 3.43. The average molecular weight is 215 g/mol. The Kier molecular flexibility index (Phi) is 1.82. The highest BCUT2D eigenvalue weighted by Crippen LogP contribution is 2.25. The second-order valence-corrected chi connectivity index (χ2v) is 4.29. The van der Waals surface area contributed by atoms with E-state index in [4.69, 9.17) is 0 Å². The van der Waals surface area contributed by atoms with Gasteiger partial charge in [-0.25, -0.2) is 9.97 Å². The molecule has 0 amide bonds. The highest BCUT2D eigenvalue weighted by molar-refractivity contribution is 7.13. The summed E-state index contributed by atoms with van der Waals surface area (Å²) >= 11 is 1.65. The van der Waals surface area contributed by atoms with Gasteiger partial charge in [-0.15, -0.1) is 11.3 Å². The van der Waals surface area contributed by atoms with Gasteiger partial charge < -0.3 is 4.98 Å². The van der Waals surface area contributed by atoms with E-state index in [0.29, 0.717) is 0 Å². The topological polar surface area (TPSA) is 41.6 Å². The molecule has 0 saturated carbocycles. The van der Waals surface area contributed by atoms with Crippen LogP contribution in [0.1, 0.15) is 5.69 Å². The molecule has 0 aliphatic rings. The molecule has 0 radical (unpaired) electrons. The number of aromatic nitrogens is 3. The smallest absolute Gasteiger partial charge is 0.137 e. The van der Waals surface area contributed by atoms with Crippen molar-refractivity contribution in [3.63, 3.8) is 0 Å². The molecular weight excluding hydrogens is 206 g/mol. The minimum atomic E-state index is 0.923. The quantitative estimate of drug-likeness (QED) is 0.678. The molecular formula is C11H9N3S. The standard InChI is InChI=1S/C11H9N3S/c1-7-6-15-11(14-7)9-4-8-2-3-12-10(8)13-5-9/h2-6H,1H3,(H,12,13). The van der Waals surface area contributed by atoms with Crippen LogP contribution >= 0.6 is 11.3 Å². The van der Waals surface area contributed by atoms with Gasteiger partial charge in [-0.2, -0.15) is 0 Å². The number of aromatic amines is 1. The molecule has 74 valence electrons. The molecule has 3 nitrogen and oxygen atoms in total. The van der Waals surface area contributed by atoms with Crippen LogP contribution in [0.25, 0.3) is 21.6 Å². The van der Waals surface area contributed by atoms with Crippen molar-refractivity contribution in [3.05, 3.63) is 35.6 Å². The van der Waals surface area contributed by atoms with Crippen LogP contribution in [0.2, 0.25) is 0 Å².